The molecule has 7 heteroatoms. The van der Waals surface area contributed by atoms with Crippen molar-refractivity contribution >= 4 is 23.1 Å². The van der Waals surface area contributed by atoms with Gasteiger partial charge in [0.15, 0.2) is 0 Å². The molecule has 0 spiro atoms. The number of hydrogen-bond donors (Lipinski definition) is 2. The molecule has 3 aromatic rings. The summed E-state index contributed by atoms with van der Waals surface area (Å²) in [6.07, 6.45) is 1.53. The fraction of sp³-hybridized carbons (Fsp3) is 0.100. The predicted octanol–water partition coefficient (Wildman–Crippen LogP) is 4.23. The molecule has 27 heavy (non-hydrogen) atoms. The standard InChI is InChI=1S/C20H18FN3O3/c1-26-16-8-9-17(18(11-16)27-2)24-19-10-7-15(12-22-19)23-20(25)13-3-5-14(21)6-4-13/h3-12H,1-2H3,(H,22,24)(H,23,25). The van der Waals surface area contributed by atoms with Crippen molar-refractivity contribution in [3.8, 4) is 11.5 Å². The Balaban J connectivity index is 1.68. The highest BCUT2D eigenvalue weighted by Crippen LogP contribution is 2.31. The monoisotopic (exact) mass is 367 g/mol. The molecule has 0 saturated heterocycles. The molecule has 0 aliphatic rings. The largest absolute Gasteiger partial charge is 0.497 e. The summed E-state index contributed by atoms with van der Waals surface area (Å²) in [5.41, 5.74) is 1.62. The average Bonchev–Trinajstić information content (AvgIpc) is 2.70. The van der Waals surface area contributed by atoms with Gasteiger partial charge < -0.3 is 20.1 Å². The van der Waals surface area contributed by atoms with E-state index < -0.39 is 5.82 Å². The second-order valence-electron chi connectivity index (χ2n) is 5.58. The first-order valence-corrected chi connectivity index (χ1v) is 8.11. The summed E-state index contributed by atoms with van der Waals surface area (Å²) in [6, 6.07) is 14.2. The zero-order valence-corrected chi connectivity index (χ0v) is 14.8. The number of anilines is 3. The Morgan fingerprint density at radius 3 is 2.41 bits per heavy atom. The Morgan fingerprint density at radius 2 is 1.78 bits per heavy atom. The molecular weight excluding hydrogens is 349 g/mol. The van der Waals surface area contributed by atoms with Crippen LogP contribution in [0.2, 0.25) is 0 Å². The Kier molecular flexibility index (Phi) is 5.51. The number of methoxy groups -OCH3 is 2. The summed E-state index contributed by atoms with van der Waals surface area (Å²) in [5.74, 6) is 1.15. The minimum Gasteiger partial charge on any atom is -0.497 e. The number of benzene rings is 2. The van der Waals surface area contributed by atoms with E-state index in [4.69, 9.17) is 9.47 Å². The molecule has 0 aliphatic heterocycles. The highest BCUT2D eigenvalue weighted by Gasteiger charge is 2.08. The number of pyridine rings is 1. The van der Waals surface area contributed by atoms with E-state index in [9.17, 15) is 9.18 Å². The third-order valence-corrected chi connectivity index (χ3v) is 3.80. The number of rotatable bonds is 6. The van der Waals surface area contributed by atoms with Gasteiger partial charge in [-0.25, -0.2) is 9.37 Å². The summed E-state index contributed by atoms with van der Waals surface area (Å²) >= 11 is 0. The quantitative estimate of drug-likeness (QED) is 0.682. The first kappa shape index (κ1) is 18.2. The molecule has 0 unspecified atom stereocenters. The van der Waals surface area contributed by atoms with Crippen LogP contribution in [0.1, 0.15) is 10.4 Å². The fourth-order valence-electron chi connectivity index (χ4n) is 2.39. The first-order chi connectivity index (χ1) is 13.1. The predicted molar refractivity (Wildman–Crippen MR) is 101 cm³/mol. The van der Waals surface area contributed by atoms with Crippen molar-refractivity contribution in [2.75, 3.05) is 24.9 Å². The average molecular weight is 367 g/mol. The maximum atomic E-state index is 12.9. The Hall–Kier alpha value is -3.61. The van der Waals surface area contributed by atoms with Crippen LogP contribution in [-0.2, 0) is 0 Å². The van der Waals surface area contributed by atoms with E-state index in [0.717, 1.165) is 5.69 Å². The lowest BCUT2D eigenvalue weighted by molar-refractivity contribution is 0.102. The van der Waals surface area contributed by atoms with Crippen molar-refractivity contribution in [2.24, 2.45) is 0 Å². The number of carbonyl (C=O) groups is 1. The molecule has 0 atom stereocenters. The number of amides is 1. The van der Waals surface area contributed by atoms with Crippen LogP contribution >= 0.6 is 0 Å². The number of halogens is 1. The van der Waals surface area contributed by atoms with Gasteiger partial charge in [-0.05, 0) is 48.5 Å². The maximum Gasteiger partial charge on any atom is 0.255 e. The lowest BCUT2D eigenvalue weighted by Crippen LogP contribution is -2.12. The summed E-state index contributed by atoms with van der Waals surface area (Å²) < 4.78 is 23.4. The molecular formula is C20H18FN3O3. The number of carbonyl (C=O) groups excluding carboxylic acids is 1. The van der Waals surface area contributed by atoms with Crippen LogP contribution < -0.4 is 20.1 Å². The van der Waals surface area contributed by atoms with Crippen LogP contribution in [0.3, 0.4) is 0 Å². The third-order valence-electron chi connectivity index (χ3n) is 3.80. The van der Waals surface area contributed by atoms with E-state index in [-0.39, 0.29) is 5.91 Å². The second kappa shape index (κ2) is 8.18. The number of nitrogens with zero attached hydrogens (tertiary/aromatic N) is 1. The van der Waals surface area contributed by atoms with Gasteiger partial charge in [-0.3, -0.25) is 4.79 Å². The molecule has 2 aromatic carbocycles. The summed E-state index contributed by atoms with van der Waals surface area (Å²) in [4.78, 5) is 16.4. The smallest absolute Gasteiger partial charge is 0.255 e. The van der Waals surface area contributed by atoms with Crippen LogP contribution in [0.5, 0.6) is 11.5 Å². The van der Waals surface area contributed by atoms with Gasteiger partial charge in [-0.2, -0.15) is 0 Å². The normalized spacial score (nSPS) is 10.2. The highest BCUT2D eigenvalue weighted by molar-refractivity contribution is 6.04. The topological polar surface area (TPSA) is 72.5 Å². The van der Waals surface area contributed by atoms with Crippen molar-refractivity contribution in [2.45, 2.75) is 0 Å². The fourth-order valence-corrected chi connectivity index (χ4v) is 2.39. The first-order valence-electron chi connectivity index (χ1n) is 8.11. The Labute approximate surface area is 156 Å². The highest BCUT2D eigenvalue weighted by atomic mass is 19.1. The number of ether oxygens (including phenoxy) is 2. The van der Waals surface area contributed by atoms with Crippen LogP contribution in [0.4, 0.5) is 21.6 Å². The molecule has 138 valence electrons. The van der Waals surface area contributed by atoms with Crippen molar-refractivity contribution in [1.29, 1.82) is 0 Å². The van der Waals surface area contributed by atoms with E-state index in [1.165, 1.54) is 30.5 Å². The van der Waals surface area contributed by atoms with Gasteiger partial charge in [0.1, 0.15) is 23.1 Å². The zero-order valence-electron chi connectivity index (χ0n) is 14.8. The van der Waals surface area contributed by atoms with Gasteiger partial charge in [0.2, 0.25) is 0 Å². The summed E-state index contributed by atoms with van der Waals surface area (Å²) in [6.45, 7) is 0. The molecule has 0 bridgehead atoms. The minimum absolute atomic E-state index is 0.339. The number of aromatic nitrogens is 1. The zero-order chi connectivity index (χ0) is 19.2. The van der Waals surface area contributed by atoms with E-state index in [0.29, 0.717) is 28.6 Å². The van der Waals surface area contributed by atoms with Crippen LogP contribution in [0, 0.1) is 5.82 Å². The van der Waals surface area contributed by atoms with E-state index in [2.05, 4.69) is 15.6 Å². The molecule has 0 fully saturated rings. The minimum atomic E-state index is -0.391. The third kappa shape index (κ3) is 4.52. The lowest BCUT2D eigenvalue weighted by Gasteiger charge is -2.12. The molecule has 3 rings (SSSR count). The van der Waals surface area contributed by atoms with Crippen LogP contribution in [0.15, 0.2) is 60.8 Å². The van der Waals surface area contributed by atoms with Crippen molar-refractivity contribution in [1.82, 2.24) is 4.98 Å². The van der Waals surface area contributed by atoms with Gasteiger partial charge in [0.05, 0.1) is 31.8 Å². The molecule has 1 heterocycles. The van der Waals surface area contributed by atoms with Gasteiger partial charge in [-0.1, -0.05) is 0 Å². The van der Waals surface area contributed by atoms with Crippen molar-refractivity contribution < 1.29 is 18.7 Å². The van der Waals surface area contributed by atoms with Crippen LogP contribution in [-0.4, -0.2) is 25.1 Å². The summed E-state index contributed by atoms with van der Waals surface area (Å²) in [5, 5.41) is 5.86. The van der Waals surface area contributed by atoms with Gasteiger partial charge >= 0.3 is 0 Å². The molecule has 6 nitrogen and oxygen atoms in total. The molecule has 1 aromatic heterocycles. The van der Waals surface area contributed by atoms with Gasteiger partial charge in [0.25, 0.3) is 5.91 Å². The number of nitrogens with one attached hydrogen (secondary N) is 2. The SMILES string of the molecule is COc1ccc(Nc2ccc(NC(=O)c3ccc(F)cc3)cn2)c(OC)c1. The second-order valence-corrected chi connectivity index (χ2v) is 5.58. The molecule has 1 amide bonds. The summed E-state index contributed by atoms with van der Waals surface area (Å²) in [7, 11) is 3.16. The van der Waals surface area contributed by atoms with Gasteiger partial charge in [-0.15, -0.1) is 0 Å². The van der Waals surface area contributed by atoms with Crippen molar-refractivity contribution in [3.05, 3.63) is 72.2 Å². The molecule has 2 N–H and O–H groups in total. The Morgan fingerprint density at radius 1 is 1.00 bits per heavy atom. The molecule has 0 aliphatic carbocycles. The molecule has 0 radical (unpaired) electrons. The van der Waals surface area contributed by atoms with Crippen molar-refractivity contribution in [3.63, 3.8) is 0 Å². The van der Waals surface area contributed by atoms with Gasteiger partial charge in [0, 0.05) is 11.6 Å². The number of hydrogen-bond acceptors (Lipinski definition) is 5. The van der Waals surface area contributed by atoms with Crippen LogP contribution in [0.25, 0.3) is 0 Å². The Bertz CT molecular complexity index is 928. The van der Waals surface area contributed by atoms with E-state index in [1.54, 1.807) is 32.4 Å². The van der Waals surface area contributed by atoms with E-state index >= 15 is 0 Å². The molecule has 0 saturated carbocycles. The maximum absolute atomic E-state index is 12.9. The van der Waals surface area contributed by atoms with E-state index in [1.807, 2.05) is 12.1 Å². The lowest BCUT2D eigenvalue weighted by atomic mass is 10.2.